The van der Waals surface area contributed by atoms with Gasteiger partial charge in [0, 0.05) is 46.4 Å². The van der Waals surface area contributed by atoms with E-state index >= 15 is 0 Å². The molecule has 0 radical (unpaired) electrons. The molecule has 11 heteroatoms. The van der Waals surface area contributed by atoms with Crippen LogP contribution >= 0.6 is 23.2 Å². The molecule has 5 rings (SSSR count). The van der Waals surface area contributed by atoms with Crippen LogP contribution in [0.1, 0.15) is 65.0 Å². The summed E-state index contributed by atoms with van der Waals surface area (Å²) in [6, 6.07) is 4.43. The highest BCUT2D eigenvalue weighted by molar-refractivity contribution is 6.36. The highest BCUT2D eigenvalue weighted by Crippen LogP contribution is 2.45. The molecule has 3 heterocycles. The third-order valence-electron chi connectivity index (χ3n) is 7.69. The second-order valence-corrected chi connectivity index (χ2v) is 12.7. The molecular formula is C29H34Cl2FN5O3. The zero-order chi connectivity index (χ0) is 28.8. The Bertz CT molecular complexity index is 1410. The number of pyridine rings is 1. The number of hydrogen-bond acceptors (Lipinski definition) is 7. The maximum Gasteiger partial charge on any atom is 0.309 e. The smallest absolute Gasteiger partial charge is 0.309 e. The number of nitrogen functional groups attached to an aromatic ring is 1. The van der Waals surface area contributed by atoms with E-state index in [-0.39, 0.29) is 28.1 Å². The van der Waals surface area contributed by atoms with Gasteiger partial charge in [0.2, 0.25) is 0 Å². The number of anilines is 1. The van der Waals surface area contributed by atoms with E-state index in [0.717, 1.165) is 49.9 Å². The number of hydrogen-bond donors (Lipinski definition) is 1. The Labute approximate surface area is 243 Å². The van der Waals surface area contributed by atoms with Gasteiger partial charge < -0.3 is 15.2 Å². The van der Waals surface area contributed by atoms with Crippen molar-refractivity contribution in [3.8, 4) is 16.9 Å². The van der Waals surface area contributed by atoms with Gasteiger partial charge >= 0.3 is 5.97 Å². The number of nitrogens with two attached hydrogens (primary N) is 1. The van der Waals surface area contributed by atoms with Crippen molar-refractivity contribution in [3.63, 3.8) is 0 Å². The number of carbonyl (C=O) groups is 1. The number of esters is 1. The molecule has 2 fully saturated rings. The van der Waals surface area contributed by atoms with E-state index < -0.39 is 17.5 Å². The molecule has 0 unspecified atom stereocenters. The van der Waals surface area contributed by atoms with Crippen LogP contribution in [0.3, 0.4) is 0 Å². The summed E-state index contributed by atoms with van der Waals surface area (Å²) in [6.07, 6.45) is 8.43. The molecule has 2 N–H and O–H groups in total. The van der Waals surface area contributed by atoms with E-state index in [4.69, 9.17) is 38.4 Å². The molecule has 0 bridgehead atoms. The van der Waals surface area contributed by atoms with E-state index in [9.17, 15) is 9.18 Å². The summed E-state index contributed by atoms with van der Waals surface area (Å²) in [5, 5.41) is 6.96. The maximum absolute atomic E-state index is 14.0. The van der Waals surface area contributed by atoms with Gasteiger partial charge in [-0.3, -0.25) is 9.80 Å². The molecule has 2 aliphatic rings. The van der Waals surface area contributed by atoms with Crippen LogP contribution in [0.25, 0.3) is 11.1 Å². The minimum Gasteiger partial charge on any atom is -0.482 e. The van der Waals surface area contributed by atoms with Gasteiger partial charge in [0.1, 0.15) is 17.5 Å². The number of carbonyl (C=O) groups excluding carboxylic acids is 1. The normalized spacial score (nSPS) is 17.9. The molecule has 214 valence electrons. The molecule has 1 spiro atoms. The number of benzene rings is 1. The van der Waals surface area contributed by atoms with Crippen molar-refractivity contribution >= 4 is 35.0 Å². The lowest BCUT2D eigenvalue weighted by Gasteiger charge is -2.53. The fraction of sp³-hybridized carbons (Fsp3) is 0.483. The summed E-state index contributed by atoms with van der Waals surface area (Å²) >= 11 is 12.4. The lowest BCUT2D eigenvalue weighted by molar-refractivity contribution is -0.162. The molecule has 1 aliphatic heterocycles. The average molecular weight is 591 g/mol. The van der Waals surface area contributed by atoms with Gasteiger partial charge in [-0.1, -0.05) is 23.2 Å². The lowest BCUT2D eigenvalue weighted by atomic mass is 9.66. The Morgan fingerprint density at radius 1 is 1.18 bits per heavy atom. The molecular weight excluding hydrogens is 556 g/mol. The first-order valence-electron chi connectivity index (χ1n) is 13.4. The van der Waals surface area contributed by atoms with Crippen LogP contribution in [0, 0.1) is 17.2 Å². The summed E-state index contributed by atoms with van der Waals surface area (Å²) in [5.41, 5.74) is 7.81. The summed E-state index contributed by atoms with van der Waals surface area (Å²) in [6.45, 7) is 9.21. The number of aromatic nitrogens is 3. The average Bonchev–Trinajstić information content (AvgIpc) is 3.35. The highest BCUT2D eigenvalue weighted by Gasteiger charge is 2.47. The Morgan fingerprint density at radius 2 is 1.88 bits per heavy atom. The molecule has 40 heavy (non-hydrogen) atoms. The first-order chi connectivity index (χ1) is 18.8. The third kappa shape index (κ3) is 5.86. The first kappa shape index (κ1) is 28.5. The predicted molar refractivity (Wildman–Crippen MR) is 154 cm³/mol. The lowest BCUT2D eigenvalue weighted by Crippen LogP contribution is -2.62. The van der Waals surface area contributed by atoms with Gasteiger partial charge in [0.25, 0.3) is 0 Å². The Morgan fingerprint density at radius 3 is 2.55 bits per heavy atom. The monoisotopic (exact) mass is 589 g/mol. The van der Waals surface area contributed by atoms with Crippen LogP contribution in [-0.4, -0.2) is 39.5 Å². The van der Waals surface area contributed by atoms with Crippen LogP contribution in [-0.2, 0) is 9.53 Å². The van der Waals surface area contributed by atoms with Crippen molar-refractivity contribution in [1.29, 1.82) is 0 Å². The van der Waals surface area contributed by atoms with Crippen molar-refractivity contribution in [2.75, 3.05) is 23.8 Å². The molecule has 1 atom stereocenters. The van der Waals surface area contributed by atoms with Crippen LogP contribution in [0.4, 0.5) is 10.2 Å². The molecule has 1 saturated carbocycles. The van der Waals surface area contributed by atoms with E-state index in [2.05, 4.69) is 15.1 Å². The highest BCUT2D eigenvalue weighted by atomic mass is 35.5. The molecule has 1 saturated heterocycles. The zero-order valence-electron chi connectivity index (χ0n) is 23.1. The van der Waals surface area contributed by atoms with E-state index in [0.29, 0.717) is 16.3 Å². The van der Waals surface area contributed by atoms with Crippen molar-refractivity contribution < 1.29 is 18.7 Å². The predicted octanol–water partition coefficient (Wildman–Crippen LogP) is 6.58. The maximum atomic E-state index is 14.0. The van der Waals surface area contributed by atoms with Crippen LogP contribution < -0.4 is 15.5 Å². The number of halogens is 3. The third-order valence-corrected chi connectivity index (χ3v) is 8.40. The SMILES string of the molecule is C[C@@H](Oc1cc(-c2cnn(N3CC4(CCC(C(=O)OC(C)(C)C)CC4)C3)c2)cnc1N)c1c(Cl)ccc(F)c1Cl. The van der Waals surface area contributed by atoms with Gasteiger partial charge in [0.05, 0.1) is 23.3 Å². The minimum atomic E-state index is -0.666. The van der Waals surface area contributed by atoms with Gasteiger partial charge in [-0.25, -0.2) is 9.37 Å². The standard InChI is InChI=1S/C29H34Cl2FN5O3/c1-17(24-21(30)5-6-22(32)25(24)31)39-23-11-19(12-34-26(23)33)20-13-35-37(14-20)36-15-29(16-36)9-7-18(8-10-29)27(38)40-28(2,3)4/h5-6,11-14,17-18H,7-10,15-16H2,1-4H3,(H2,33,34)/t17-/m1/s1. The Balaban J connectivity index is 1.22. The van der Waals surface area contributed by atoms with Gasteiger partial charge in [-0.15, -0.1) is 0 Å². The van der Waals surface area contributed by atoms with E-state index in [1.807, 2.05) is 31.8 Å². The van der Waals surface area contributed by atoms with Gasteiger partial charge in [0.15, 0.2) is 11.6 Å². The number of rotatable bonds is 6. The van der Waals surface area contributed by atoms with Crippen LogP contribution in [0.2, 0.25) is 10.0 Å². The summed E-state index contributed by atoms with van der Waals surface area (Å²) in [4.78, 5) is 18.6. The molecule has 3 aromatic rings. The summed E-state index contributed by atoms with van der Waals surface area (Å²) in [5.74, 6) is -0.141. The van der Waals surface area contributed by atoms with Crippen LogP contribution in [0.5, 0.6) is 5.75 Å². The largest absolute Gasteiger partial charge is 0.482 e. The van der Waals surface area contributed by atoms with Crippen molar-refractivity contribution in [2.24, 2.45) is 11.3 Å². The zero-order valence-corrected chi connectivity index (χ0v) is 24.6. The van der Waals surface area contributed by atoms with E-state index in [1.54, 1.807) is 25.4 Å². The fourth-order valence-electron chi connectivity index (χ4n) is 5.53. The number of ether oxygens (including phenoxy) is 2. The van der Waals surface area contributed by atoms with Crippen molar-refractivity contribution in [1.82, 2.24) is 14.9 Å². The molecule has 1 aromatic carbocycles. The minimum absolute atomic E-state index is 0.0136. The molecule has 0 amide bonds. The van der Waals surface area contributed by atoms with Crippen molar-refractivity contribution in [3.05, 3.63) is 58.2 Å². The topological polar surface area (TPSA) is 95.5 Å². The van der Waals surface area contributed by atoms with Crippen LogP contribution in [0.15, 0.2) is 36.8 Å². The quantitative estimate of drug-likeness (QED) is 0.256. The van der Waals surface area contributed by atoms with Crippen molar-refractivity contribution in [2.45, 2.75) is 65.1 Å². The second-order valence-electron chi connectivity index (χ2n) is 11.9. The molecule has 1 aliphatic carbocycles. The molecule has 2 aromatic heterocycles. The van der Waals surface area contributed by atoms with Gasteiger partial charge in [-0.2, -0.15) is 9.89 Å². The first-order valence-corrected chi connectivity index (χ1v) is 14.2. The number of nitrogens with zero attached hydrogens (tertiary/aromatic N) is 4. The van der Waals surface area contributed by atoms with E-state index in [1.165, 1.54) is 12.1 Å². The second kappa shape index (κ2) is 10.7. The molecule has 8 nitrogen and oxygen atoms in total. The summed E-state index contributed by atoms with van der Waals surface area (Å²) in [7, 11) is 0. The Hall–Kier alpha value is -3.04. The Kier molecular flexibility index (Phi) is 7.65. The fourth-order valence-corrected chi connectivity index (χ4v) is 6.21. The van der Waals surface area contributed by atoms with Gasteiger partial charge in [-0.05, 0) is 71.6 Å². The summed E-state index contributed by atoms with van der Waals surface area (Å²) < 4.78 is 25.7.